The largest absolute Gasteiger partial charge is 0.310 e. The molecule has 0 amide bonds. The van der Waals surface area contributed by atoms with Gasteiger partial charge < -0.3 is 19.6 Å². The first-order valence-electron chi connectivity index (χ1n) is 49.9. The zero-order chi connectivity index (χ0) is 97.1. The molecule has 18 aromatic rings. The molecule has 690 valence electrons. The van der Waals surface area contributed by atoms with Gasteiger partial charge in [-0.1, -0.05) is 421 Å². The van der Waals surface area contributed by atoms with E-state index in [9.17, 15) is 0 Å². The van der Waals surface area contributed by atoms with Gasteiger partial charge in [0.2, 0.25) is 0 Å². The van der Waals surface area contributed by atoms with Crippen LogP contribution in [0.5, 0.6) is 0 Å². The third-order valence-electron chi connectivity index (χ3n) is 30.1. The molecule has 0 saturated heterocycles. The van der Waals surface area contributed by atoms with Crippen molar-refractivity contribution in [1.82, 2.24) is 0 Å². The number of hydrogen-bond acceptors (Lipinski definition) is 4. The van der Waals surface area contributed by atoms with Crippen molar-refractivity contribution in [3.05, 3.63) is 454 Å². The lowest BCUT2D eigenvalue weighted by Gasteiger charge is -2.51. The smallest absolute Gasteiger partial charge is 0.0643 e. The standard InChI is InChI=1S/C134H134N4/c1-125(2,3)87-51-67-97(68-52-87)135(98-69-53-88(54-70-98)126(4,5)6)117-83-113-121(109-47-35-31-43-105(109)117)122-110-48-36-32-44-106(110)118(136(99-71-55-89(56-72-99)127(7,8)9)100-73-57-90(58-74-100)128(10,11)12)84-114(122)133(113,95-39-27-25-28-40-95)134(96-41-29-26-30-42-96)115-85-119(137(101-75-59-91(60-76-101)129(13,14)15)102-77-61-92(62-78-102)130(16,17)18)107-45-33-37-49-111(107)123(115)124-112-50-38-34-46-108(112)120(86-116(124)134)138(103-79-63-93(64-80-103)131(19,20)21)104-81-65-94(66-82-104)132(22,23)24/h25-86H,1-24H3. The molecule has 2 aliphatic rings. The van der Waals surface area contributed by atoms with Crippen LogP contribution in [0.1, 0.15) is 244 Å². The predicted octanol–water partition coefficient (Wildman–Crippen LogP) is 37.9. The highest BCUT2D eigenvalue weighted by molar-refractivity contribution is 6.22. The Bertz CT molecular complexity index is 6550. The number of fused-ring (bicyclic) bond motifs is 14. The molecule has 20 rings (SSSR count). The van der Waals surface area contributed by atoms with Gasteiger partial charge in [0, 0.05) is 67.0 Å². The van der Waals surface area contributed by atoms with Crippen LogP contribution in [0.3, 0.4) is 0 Å². The number of rotatable bonds is 15. The number of nitrogens with zero attached hydrogens (tertiary/aromatic N) is 4. The number of benzene rings is 18. The maximum atomic E-state index is 2.73. The first-order chi connectivity index (χ1) is 65.5. The zero-order valence-electron chi connectivity index (χ0n) is 85.6. The highest BCUT2D eigenvalue weighted by atomic mass is 15.2. The second-order valence-corrected chi connectivity index (χ2v) is 47.4. The Kier molecular flexibility index (Phi) is 22.3. The van der Waals surface area contributed by atoms with E-state index in [1.807, 2.05) is 0 Å². The van der Waals surface area contributed by atoms with Gasteiger partial charge in [-0.2, -0.15) is 0 Å². The van der Waals surface area contributed by atoms with E-state index in [0.29, 0.717) is 0 Å². The first kappa shape index (κ1) is 91.9. The Morgan fingerprint density at radius 3 is 0.413 bits per heavy atom. The van der Waals surface area contributed by atoms with Crippen molar-refractivity contribution in [3.63, 3.8) is 0 Å². The van der Waals surface area contributed by atoms with Gasteiger partial charge in [0.25, 0.3) is 0 Å². The third kappa shape index (κ3) is 15.6. The molecule has 0 fully saturated rings. The molecule has 0 aliphatic heterocycles. The van der Waals surface area contributed by atoms with Crippen LogP contribution in [0.25, 0.3) is 65.3 Å². The van der Waals surface area contributed by atoms with Crippen molar-refractivity contribution >= 4 is 111 Å². The quantitative estimate of drug-likeness (QED) is 0.101. The van der Waals surface area contributed by atoms with Crippen molar-refractivity contribution in [2.45, 2.75) is 220 Å². The molecule has 0 radical (unpaired) electrons. The summed E-state index contributed by atoms with van der Waals surface area (Å²) >= 11 is 0. The Labute approximate surface area is 821 Å². The summed E-state index contributed by atoms with van der Waals surface area (Å²) in [5.41, 5.74) is 31.2. The van der Waals surface area contributed by atoms with Gasteiger partial charge >= 0.3 is 0 Å². The molecule has 4 heteroatoms. The molecule has 0 bridgehead atoms. The van der Waals surface area contributed by atoms with Gasteiger partial charge in [0.05, 0.1) is 33.6 Å². The fourth-order valence-electron chi connectivity index (χ4n) is 22.5. The summed E-state index contributed by atoms with van der Waals surface area (Å²) in [4.78, 5) is 10.4. The van der Waals surface area contributed by atoms with E-state index < -0.39 is 10.8 Å². The van der Waals surface area contributed by atoms with Gasteiger partial charge in [0.1, 0.15) is 0 Å². The Morgan fingerprint density at radius 1 is 0.145 bits per heavy atom. The highest BCUT2D eigenvalue weighted by Crippen LogP contribution is 2.75. The molecule has 0 saturated carbocycles. The summed E-state index contributed by atoms with van der Waals surface area (Å²) in [6.45, 7) is 55.9. The Hall–Kier alpha value is -13.8. The first-order valence-corrected chi connectivity index (χ1v) is 49.9. The fraction of sp³-hybridized carbons (Fsp3) is 0.254. The van der Waals surface area contributed by atoms with E-state index in [2.05, 4.69) is 562 Å². The van der Waals surface area contributed by atoms with Crippen LogP contribution >= 0.6 is 0 Å². The summed E-state index contributed by atoms with van der Waals surface area (Å²) in [5, 5.41) is 9.17. The average molecular weight is 1800 g/mol. The van der Waals surface area contributed by atoms with E-state index in [1.54, 1.807) is 0 Å². The zero-order valence-corrected chi connectivity index (χ0v) is 85.6. The molecule has 0 aromatic heterocycles. The lowest BCUT2D eigenvalue weighted by Crippen LogP contribution is -2.50. The van der Waals surface area contributed by atoms with Crippen LogP contribution in [0.2, 0.25) is 0 Å². The van der Waals surface area contributed by atoms with Gasteiger partial charge in [-0.05, 0) is 286 Å². The normalized spacial score (nSPS) is 13.8. The van der Waals surface area contributed by atoms with Crippen molar-refractivity contribution in [3.8, 4) is 22.3 Å². The molecule has 0 spiro atoms. The summed E-state index contributed by atoms with van der Waals surface area (Å²) in [6.07, 6.45) is 0. The molecule has 138 heavy (non-hydrogen) atoms. The lowest BCUT2D eigenvalue weighted by molar-refractivity contribution is 0.438. The molecular formula is C134H134N4. The summed E-state index contributed by atoms with van der Waals surface area (Å²) in [6, 6.07) is 149. The average Bonchev–Trinajstić information content (AvgIpc) is 1.46. The topological polar surface area (TPSA) is 13.0 Å². The van der Waals surface area contributed by atoms with Crippen molar-refractivity contribution < 1.29 is 0 Å². The van der Waals surface area contributed by atoms with Crippen molar-refractivity contribution in [2.75, 3.05) is 19.6 Å². The molecule has 18 aromatic carbocycles. The molecule has 2 aliphatic carbocycles. The van der Waals surface area contributed by atoms with Gasteiger partial charge in [-0.15, -0.1) is 0 Å². The second-order valence-electron chi connectivity index (χ2n) is 47.4. The van der Waals surface area contributed by atoms with Crippen molar-refractivity contribution in [2.24, 2.45) is 0 Å². The third-order valence-corrected chi connectivity index (χ3v) is 30.1. The Morgan fingerprint density at radius 2 is 0.275 bits per heavy atom. The Balaban J connectivity index is 1.06. The molecule has 0 unspecified atom stereocenters. The van der Waals surface area contributed by atoms with E-state index in [0.717, 1.165) is 122 Å². The van der Waals surface area contributed by atoms with Crippen LogP contribution in [0.15, 0.2) is 376 Å². The van der Waals surface area contributed by atoms with Crippen LogP contribution in [0.4, 0.5) is 68.2 Å². The van der Waals surface area contributed by atoms with E-state index >= 15 is 0 Å². The lowest BCUT2D eigenvalue weighted by atomic mass is 9.49. The van der Waals surface area contributed by atoms with Crippen LogP contribution in [-0.4, -0.2) is 0 Å². The van der Waals surface area contributed by atoms with Crippen molar-refractivity contribution in [1.29, 1.82) is 0 Å². The number of anilines is 12. The SMILES string of the molecule is CC(C)(C)c1ccc(N(c2ccc(C(C)(C)C)cc2)c2cc3c(c4ccccc24)-c2c(cc(N(c4ccc(C(C)(C)C)cc4)c4ccc(C(C)(C)C)cc4)c4ccccc24)C3(c2ccccc2)C2(c3ccccc3)c3cc(N(c4ccc(C(C)(C)C)cc4)c4ccc(C(C)(C)C)cc4)c4ccccc4c3-c3c2cc(N(c2ccc(C(C)(C)C)cc2)c2ccc(C(C)(C)C)cc2)c2ccccc32)cc1. The maximum absolute atomic E-state index is 2.73. The molecule has 0 heterocycles. The molecule has 4 nitrogen and oxygen atoms in total. The number of hydrogen-bond donors (Lipinski definition) is 0. The van der Waals surface area contributed by atoms with E-state index in [1.165, 1.54) is 89.0 Å². The minimum Gasteiger partial charge on any atom is -0.310 e. The minimum atomic E-state index is -1.34. The summed E-state index contributed by atoms with van der Waals surface area (Å²) in [5.74, 6) is 0. The van der Waals surface area contributed by atoms with Gasteiger partial charge in [0.15, 0.2) is 0 Å². The molecule has 0 atom stereocenters. The van der Waals surface area contributed by atoms with Gasteiger partial charge in [-0.25, -0.2) is 0 Å². The van der Waals surface area contributed by atoms with Crippen LogP contribution in [0, 0.1) is 0 Å². The maximum Gasteiger partial charge on any atom is 0.0643 e. The second kappa shape index (κ2) is 33.5. The highest BCUT2D eigenvalue weighted by Gasteiger charge is 2.66. The fourth-order valence-corrected chi connectivity index (χ4v) is 22.5. The summed E-state index contributed by atoms with van der Waals surface area (Å²) in [7, 11) is 0. The monoisotopic (exact) mass is 1800 g/mol. The molecular weight excluding hydrogens is 1670 g/mol. The van der Waals surface area contributed by atoms with E-state index in [4.69, 9.17) is 0 Å². The summed E-state index contributed by atoms with van der Waals surface area (Å²) < 4.78 is 0. The van der Waals surface area contributed by atoms with Crippen LogP contribution in [-0.2, 0) is 54.1 Å². The van der Waals surface area contributed by atoms with Gasteiger partial charge in [-0.3, -0.25) is 0 Å². The predicted molar refractivity (Wildman–Crippen MR) is 595 cm³/mol. The van der Waals surface area contributed by atoms with E-state index in [-0.39, 0.29) is 43.3 Å². The van der Waals surface area contributed by atoms with Crippen LogP contribution < -0.4 is 19.6 Å². The minimum absolute atomic E-state index is 0.117. The molecule has 0 N–H and O–H groups in total.